The quantitative estimate of drug-likeness (QED) is 0.423. The van der Waals surface area contributed by atoms with E-state index in [2.05, 4.69) is 53.4 Å². The van der Waals surface area contributed by atoms with E-state index in [0.717, 1.165) is 65.1 Å². The van der Waals surface area contributed by atoms with Crippen molar-refractivity contribution in [2.75, 3.05) is 13.1 Å². The van der Waals surface area contributed by atoms with Crippen molar-refractivity contribution in [1.82, 2.24) is 35.5 Å². The highest BCUT2D eigenvalue weighted by Gasteiger charge is 2.19. The van der Waals surface area contributed by atoms with E-state index in [-0.39, 0.29) is 0 Å². The molecular formula is C21H19N7S. The molecule has 5 aromatic heterocycles. The number of H-pyrrole nitrogens is 2. The third-order valence-electron chi connectivity index (χ3n) is 5.67. The Morgan fingerprint density at radius 2 is 2.03 bits per heavy atom. The van der Waals surface area contributed by atoms with E-state index in [9.17, 15) is 0 Å². The Morgan fingerprint density at radius 1 is 1.10 bits per heavy atom. The van der Waals surface area contributed by atoms with E-state index in [0.29, 0.717) is 11.6 Å². The van der Waals surface area contributed by atoms with Crippen LogP contribution >= 0.6 is 11.3 Å². The number of hydrogen-bond donors (Lipinski definition) is 3. The van der Waals surface area contributed by atoms with Gasteiger partial charge < -0.3 is 10.3 Å². The minimum Gasteiger partial charge on any atom is -0.337 e. The Bertz CT molecular complexity index is 1300. The Hall–Kier alpha value is -3.10. The van der Waals surface area contributed by atoms with Crippen molar-refractivity contribution >= 4 is 33.4 Å². The lowest BCUT2D eigenvalue weighted by Gasteiger charge is -2.22. The van der Waals surface area contributed by atoms with Crippen molar-refractivity contribution in [3.63, 3.8) is 0 Å². The van der Waals surface area contributed by atoms with Crippen LogP contribution in [0.4, 0.5) is 0 Å². The first kappa shape index (κ1) is 16.8. The number of fused-ring (bicyclic) bond motifs is 2. The highest BCUT2D eigenvalue weighted by atomic mass is 32.1. The zero-order chi connectivity index (χ0) is 19.2. The molecule has 0 saturated carbocycles. The molecule has 29 heavy (non-hydrogen) atoms. The summed E-state index contributed by atoms with van der Waals surface area (Å²) < 4.78 is 0. The number of piperidine rings is 1. The molecule has 5 aromatic rings. The van der Waals surface area contributed by atoms with Gasteiger partial charge in [0.2, 0.25) is 0 Å². The fourth-order valence-electron chi connectivity index (χ4n) is 4.14. The van der Waals surface area contributed by atoms with Gasteiger partial charge in [-0.3, -0.25) is 10.1 Å². The lowest BCUT2D eigenvalue weighted by Crippen LogP contribution is -2.26. The first-order chi connectivity index (χ1) is 14.4. The van der Waals surface area contributed by atoms with Crippen LogP contribution in [0, 0.1) is 0 Å². The summed E-state index contributed by atoms with van der Waals surface area (Å²) >= 11 is 1.66. The zero-order valence-electron chi connectivity index (χ0n) is 15.6. The molecule has 0 amide bonds. The van der Waals surface area contributed by atoms with Crippen LogP contribution in [0.1, 0.15) is 24.3 Å². The standard InChI is InChI=1S/C21H19N7S/c1-5-22-6-2-12(1)14-9-15-18(27-28-20(15)24-10-14)21-25-16-3-7-23-17(19(16)26-21)13-4-8-29-11-13/h3-4,7-12,22H,1-2,5-6H2,(H,25,26)(H,24,27,28). The van der Waals surface area contributed by atoms with Crippen molar-refractivity contribution in [3.8, 4) is 22.8 Å². The molecule has 3 N–H and O–H groups in total. The predicted molar refractivity (Wildman–Crippen MR) is 115 cm³/mol. The predicted octanol–water partition coefficient (Wildman–Crippen LogP) is 4.09. The van der Waals surface area contributed by atoms with Crippen molar-refractivity contribution < 1.29 is 0 Å². The molecule has 0 spiro atoms. The number of nitrogens with zero attached hydrogens (tertiary/aromatic N) is 4. The fraction of sp³-hybridized carbons (Fsp3) is 0.238. The molecule has 144 valence electrons. The van der Waals surface area contributed by atoms with Crippen molar-refractivity contribution in [3.05, 3.63) is 46.9 Å². The first-order valence-corrected chi connectivity index (χ1v) is 10.7. The van der Waals surface area contributed by atoms with Gasteiger partial charge in [-0.2, -0.15) is 16.4 Å². The number of aromatic amines is 2. The van der Waals surface area contributed by atoms with Gasteiger partial charge in [0.25, 0.3) is 0 Å². The SMILES string of the molecule is c1cc2[nH]c(-c3[nH]nc4ncc(C5CCNCC5)cc34)nc2c(-c2ccsc2)n1. The van der Waals surface area contributed by atoms with Gasteiger partial charge in [0, 0.05) is 23.3 Å². The lowest BCUT2D eigenvalue weighted by atomic mass is 9.91. The molecule has 1 saturated heterocycles. The molecule has 1 aliphatic heterocycles. The molecule has 1 aliphatic rings. The maximum atomic E-state index is 4.88. The van der Waals surface area contributed by atoms with Gasteiger partial charge in [0.1, 0.15) is 11.2 Å². The monoisotopic (exact) mass is 401 g/mol. The molecule has 7 nitrogen and oxygen atoms in total. The second-order valence-electron chi connectivity index (χ2n) is 7.42. The minimum absolute atomic E-state index is 0.543. The number of aromatic nitrogens is 6. The Balaban J connectivity index is 1.48. The lowest BCUT2D eigenvalue weighted by molar-refractivity contribution is 0.460. The Morgan fingerprint density at radius 3 is 2.90 bits per heavy atom. The van der Waals surface area contributed by atoms with Gasteiger partial charge in [0.15, 0.2) is 11.5 Å². The molecule has 0 unspecified atom stereocenters. The van der Waals surface area contributed by atoms with Gasteiger partial charge in [-0.05, 0) is 61.0 Å². The largest absolute Gasteiger partial charge is 0.337 e. The number of thiophene rings is 1. The average Bonchev–Trinajstić information content (AvgIpc) is 3.52. The van der Waals surface area contributed by atoms with E-state index in [1.807, 2.05) is 18.5 Å². The fourth-order valence-corrected chi connectivity index (χ4v) is 4.78. The van der Waals surface area contributed by atoms with E-state index in [1.165, 1.54) is 5.56 Å². The molecule has 0 bridgehead atoms. The molecule has 0 aliphatic carbocycles. The number of rotatable bonds is 3. The number of nitrogens with one attached hydrogen (secondary N) is 3. The van der Waals surface area contributed by atoms with E-state index in [4.69, 9.17) is 4.98 Å². The summed E-state index contributed by atoms with van der Waals surface area (Å²) in [6, 6.07) is 6.25. The molecule has 8 heteroatoms. The molecule has 6 rings (SSSR count). The summed E-state index contributed by atoms with van der Waals surface area (Å²) in [5.74, 6) is 1.30. The minimum atomic E-state index is 0.543. The second kappa shape index (κ2) is 6.75. The average molecular weight is 401 g/mol. The zero-order valence-corrected chi connectivity index (χ0v) is 16.5. The van der Waals surface area contributed by atoms with Gasteiger partial charge in [-0.15, -0.1) is 0 Å². The molecule has 0 aromatic carbocycles. The van der Waals surface area contributed by atoms with Crippen molar-refractivity contribution in [2.24, 2.45) is 0 Å². The van der Waals surface area contributed by atoms with Crippen LogP contribution in [0.3, 0.4) is 0 Å². The van der Waals surface area contributed by atoms with E-state index in [1.54, 1.807) is 11.3 Å². The van der Waals surface area contributed by atoms with Gasteiger partial charge in [-0.25, -0.2) is 9.97 Å². The third kappa shape index (κ3) is 2.83. The summed E-state index contributed by atoms with van der Waals surface area (Å²) in [5.41, 5.74) is 6.67. The van der Waals surface area contributed by atoms with Gasteiger partial charge >= 0.3 is 0 Å². The Kier molecular flexibility index (Phi) is 3.92. The molecule has 0 radical (unpaired) electrons. The van der Waals surface area contributed by atoms with Crippen LogP contribution in [-0.4, -0.2) is 43.2 Å². The summed E-state index contributed by atoms with van der Waals surface area (Å²) in [6.45, 7) is 2.12. The highest BCUT2D eigenvalue weighted by Crippen LogP contribution is 2.32. The first-order valence-electron chi connectivity index (χ1n) is 9.79. The summed E-state index contributed by atoms with van der Waals surface area (Å²) in [7, 11) is 0. The summed E-state index contributed by atoms with van der Waals surface area (Å²) in [4.78, 5) is 17.5. The van der Waals surface area contributed by atoms with Gasteiger partial charge in [0.05, 0.1) is 16.6 Å². The van der Waals surface area contributed by atoms with Crippen molar-refractivity contribution in [1.29, 1.82) is 0 Å². The van der Waals surface area contributed by atoms with Gasteiger partial charge in [-0.1, -0.05) is 0 Å². The number of pyridine rings is 2. The second-order valence-corrected chi connectivity index (χ2v) is 8.20. The van der Waals surface area contributed by atoms with E-state index >= 15 is 0 Å². The topological polar surface area (TPSA) is 95.2 Å². The summed E-state index contributed by atoms with van der Waals surface area (Å²) in [6.07, 6.45) is 6.07. The maximum absolute atomic E-state index is 4.88. The van der Waals surface area contributed by atoms with Crippen LogP contribution in [0.15, 0.2) is 41.4 Å². The van der Waals surface area contributed by atoms with Crippen LogP contribution in [0.5, 0.6) is 0 Å². The van der Waals surface area contributed by atoms with E-state index < -0.39 is 0 Å². The molecule has 0 atom stereocenters. The van der Waals surface area contributed by atoms with Crippen LogP contribution in [-0.2, 0) is 0 Å². The summed E-state index contributed by atoms with van der Waals surface area (Å²) in [5, 5.41) is 16.1. The van der Waals surface area contributed by atoms with Crippen LogP contribution in [0.2, 0.25) is 0 Å². The molecular weight excluding hydrogens is 382 g/mol. The number of imidazole rings is 1. The smallest absolute Gasteiger partial charge is 0.181 e. The normalized spacial score (nSPS) is 15.4. The molecule has 1 fully saturated rings. The van der Waals surface area contributed by atoms with Crippen LogP contribution < -0.4 is 5.32 Å². The maximum Gasteiger partial charge on any atom is 0.181 e. The third-order valence-corrected chi connectivity index (χ3v) is 6.36. The number of hydrogen-bond acceptors (Lipinski definition) is 6. The van der Waals surface area contributed by atoms with Crippen molar-refractivity contribution in [2.45, 2.75) is 18.8 Å². The molecule has 6 heterocycles. The van der Waals surface area contributed by atoms with Crippen LogP contribution in [0.25, 0.3) is 44.8 Å². The highest BCUT2D eigenvalue weighted by molar-refractivity contribution is 7.08. The Labute approximate surface area is 170 Å².